The van der Waals surface area contributed by atoms with Crippen LogP contribution in [0.15, 0.2) is 40.8 Å². The van der Waals surface area contributed by atoms with Crippen molar-refractivity contribution in [2.75, 3.05) is 33.4 Å². The van der Waals surface area contributed by atoms with E-state index in [4.69, 9.17) is 15.2 Å². The van der Waals surface area contributed by atoms with Crippen LogP contribution in [0.4, 0.5) is 0 Å². The number of amidine groups is 1. The zero-order chi connectivity index (χ0) is 24.1. The number of rotatable bonds is 10. The first-order valence-corrected chi connectivity index (χ1v) is 11.7. The van der Waals surface area contributed by atoms with E-state index in [-0.39, 0.29) is 30.6 Å². The summed E-state index contributed by atoms with van der Waals surface area (Å²) in [4.78, 5) is 31.6. The molecule has 11 heteroatoms. The molecule has 2 aliphatic heterocycles. The highest BCUT2D eigenvalue weighted by atomic mass is 16.6. The van der Waals surface area contributed by atoms with Gasteiger partial charge in [-0.3, -0.25) is 24.7 Å². The molecule has 3 N–H and O–H groups in total. The Balaban J connectivity index is 1.56. The number of nitro groups is 1. The van der Waals surface area contributed by atoms with Crippen LogP contribution < -0.4 is 11.1 Å². The van der Waals surface area contributed by atoms with Crippen molar-refractivity contribution in [2.45, 2.75) is 44.9 Å². The normalized spacial score (nSPS) is 20.8. The fourth-order valence-electron chi connectivity index (χ4n) is 4.27. The molecular weight excluding hydrogens is 440 g/mol. The van der Waals surface area contributed by atoms with Gasteiger partial charge in [0.25, 0.3) is 6.02 Å². The lowest BCUT2D eigenvalue weighted by atomic mass is 10.1. The van der Waals surface area contributed by atoms with Gasteiger partial charge in [0.1, 0.15) is 0 Å². The smallest absolute Gasteiger partial charge is 0.325 e. The Hall–Kier alpha value is -3.18. The minimum Gasteiger partial charge on any atom is -0.468 e. The van der Waals surface area contributed by atoms with Crippen molar-refractivity contribution in [3.05, 3.63) is 57.0 Å². The van der Waals surface area contributed by atoms with Crippen LogP contribution in [-0.2, 0) is 27.4 Å². The van der Waals surface area contributed by atoms with Crippen LogP contribution in [0.2, 0.25) is 0 Å². The van der Waals surface area contributed by atoms with Crippen molar-refractivity contribution in [3.63, 3.8) is 0 Å². The molecule has 2 heterocycles. The second-order valence-corrected chi connectivity index (χ2v) is 9.03. The summed E-state index contributed by atoms with van der Waals surface area (Å²) in [5.74, 6) is -0.286. The fourth-order valence-corrected chi connectivity index (χ4v) is 4.27. The number of nitrogens with zero attached hydrogens (tertiary/aromatic N) is 4. The number of nitrogens with two attached hydrogens (primary N) is 1. The van der Waals surface area contributed by atoms with Crippen LogP contribution in [0.3, 0.4) is 0 Å². The van der Waals surface area contributed by atoms with E-state index in [1.54, 1.807) is 4.90 Å². The number of carbonyl (C=O) groups excluding carboxylic acids is 1. The second kappa shape index (κ2) is 10.8. The Morgan fingerprint density at radius 2 is 2.06 bits per heavy atom. The molecule has 2 fully saturated rings. The number of hydrogen-bond acceptors (Lipinski definition) is 10. The zero-order valence-corrected chi connectivity index (χ0v) is 19.4. The summed E-state index contributed by atoms with van der Waals surface area (Å²) in [6.45, 7) is 3.58. The quantitative estimate of drug-likeness (QED) is 0.294. The van der Waals surface area contributed by atoms with Gasteiger partial charge in [-0.25, -0.2) is 0 Å². The molecule has 0 amide bonds. The highest BCUT2D eigenvalue weighted by Gasteiger charge is 2.39. The molecule has 0 radical (unpaired) electrons. The molecule has 1 aliphatic carbocycles. The molecular formula is C23H32N6O5. The Bertz CT molecular complexity index is 970. The summed E-state index contributed by atoms with van der Waals surface area (Å²) in [6.07, 6.45) is 3.59. The van der Waals surface area contributed by atoms with E-state index in [9.17, 15) is 14.9 Å². The molecule has 1 unspecified atom stereocenters. The van der Waals surface area contributed by atoms with E-state index in [1.165, 1.54) is 20.0 Å². The minimum absolute atomic E-state index is 0.123. The van der Waals surface area contributed by atoms with E-state index in [2.05, 4.69) is 27.3 Å². The molecule has 1 aromatic rings. The summed E-state index contributed by atoms with van der Waals surface area (Å²) < 4.78 is 10.6. The first kappa shape index (κ1) is 24.0. The molecule has 0 spiro atoms. The lowest BCUT2D eigenvalue weighted by Gasteiger charge is -2.32. The maximum Gasteiger partial charge on any atom is 0.325 e. The highest BCUT2D eigenvalue weighted by molar-refractivity contribution is 5.77. The number of benzene rings is 1. The lowest BCUT2D eigenvalue weighted by Crippen LogP contribution is -2.55. The first-order valence-electron chi connectivity index (χ1n) is 11.7. The highest BCUT2D eigenvalue weighted by Crippen LogP contribution is 2.29. The van der Waals surface area contributed by atoms with Gasteiger partial charge in [-0.2, -0.15) is 4.99 Å². The zero-order valence-electron chi connectivity index (χ0n) is 19.4. The third-order valence-corrected chi connectivity index (χ3v) is 6.26. The van der Waals surface area contributed by atoms with Gasteiger partial charge < -0.3 is 20.5 Å². The molecule has 1 atom stereocenters. The molecule has 184 valence electrons. The van der Waals surface area contributed by atoms with Crippen molar-refractivity contribution in [1.82, 2.24) is 15.1 Å². The second-order valence-electron chi connectivity index (χ2n) is 9.03. The first-order chi connectivity index (χ1) is 16.4. The van der Waals surface area contributed by atoms with Gasteiger partial charge in [-0.15, -0.1) is 0 Å². The number of methoxy groups -OCH3 is 1. The van der Waals surface area contributed by atoms with E-state index in [0.29, 0.717) is 12.5 Å². The Morgan fingerprint density at radius 1 is 1.32 bits per heavy atom. The third-order valence-electron chi connectivity index (χ3n) is 6.26. The molecule has 1 saturated heterocycles. The van der Waals surface area contributed by atoms with Crippen LogP contribution in [0, 0.1) is 16.0 Å². The monoisotopic (exact) mass is 472 g/mol. The number of hydrogen-bond donors (Lipinski definition) is 2. The number of likely N-dealkylation sites (tertiary alicyclic amines) is 1. The van der Waals surface area contributed by atoms with Gasteiger partial charge in [-0.05, 0) is 55.8 Å². The summed E-state index contributed by atoms with van der Waals surface area (Å²) >= 11 is 0. The van der Waals surface area contributed by atoms with Gasteiger partial charge in [0.15, 0.2) is 6.17 Å². The summed E-state index contributed by atoms with van der Waals surface area (Å²) in [7, 11) is 1.29. The molecule has 0 bridgehead atoms. The maximum absolute atomic E-state index is 12.2. The standard InChI is InChI=1S/C23H32N6O5/c1-33-19(30)14-28(13-18-6-4-5-17(11-18)12-27-9-2-3-10-27)22-20(29(31)32)21(24)25-23(26-22)34-15-16-7-8-16/h4-6,11,16,22H,2-3,7-10,12-15,24H2,1H3,(H,25,26). The third kappa shape index (κ3) is 6.23. The van der Waals surface area contributed by atoms with Crippen LogP contribution in [-0.4, -0.2) is 66.2 Å². The number of ether oxygens (including phenoxy) is 2. The van der Waals surface area contributed by atoms with Crippen molar-refractivity contribution in [1.29, 1.82) is 0 Å². The van der Waals surface area contributed by atoms with Gasteiger partial charge in [-0.1, -0.05) is 24.3 Å². The van der Waals surface area contributed by atoms with Crippen molar-refractivity contribution >= 4 is 12.0 Å². The molecule has 0 aromatic heterocycles. The van der Waals surface area contributed by atoms with Crippen LogP contribution >= 0.6 is 0 Å². The number of aliphatic imine (C=N–C) groups is 1. The Kier molecular flexibility index (Phi) is 7.63. The summed E-state index contributed by atoms with van der Waals surface area (Å²) in [5.41, 5.74) is 7.74. The van der Waals surface area contributed by atoms with E-state index in [1.807, 2.05) is 12.1 Å². The Morgan fingerprint density at radius 3 is 2.74 bits per heavy atom. The number of nitrogens with one attached hydrogen (secondary N) is 1. The summed E-state index contributed by atoms with van der Waals surface area (Å²) in [5, 5.41) is 14.9. The van der Waals surface area contributed by atoms with Crippen LogP contribution in [0.5, 0.6) is 0 Å². The summed E-state index contributed by atoms with van der Waals surface area (Å²) in [6, 6.07) is 8.18. The van der Waals surface area contributed by atoms with Crippen molar-refractivity contribution in [2.24, 2.45) is 16.6 Å². The Labute approximate surface area is 198 Å². The number of esters is 1. The van der Waals surface area contributed by atoms with Crippen LogP contribution in [0.1, 0.15) is 36.8 Å². The largest absolute Gasteiger partial charge is 0.468 e. The fraction of sp³-hybridized carbons (Fsp3) is 0.565. The average Bonchev–Trinajstić information content (AvgIpc) is 3.51. The molecule has 34 heavy (non-hydrogen) atoms. The molecule has 1 aromatic carbocycles. The van der Waals surface area contributed by atoms with Gasteiger partial charge in [0, 0.05) is 13.1 Å². The van der Waals surface area contributed by atoms with Gasteiger partial charge in [0.2, 0.25) is 5.82 Å². The van der Waals surface area contributed by atoms with E-state index < -0.39 is 17.1 Å². The van der Waals surface area contributed by atoms with Crippen molar-refractivity contribution in [3.8, 4) is 0 Å². The molecule has 1 saturated carbocycles. The van der Waals surface area contributed by atoms with E-state index >= 15 is 0 Å². The molecule has 4 rings (SSSR count). The maximum atomic E-state index is 12.2. The lowest BCUT2D eigenvalue weighted by molar-refractivity contribution is -0.435. The number of carbonyl (C=O) groups is 1. The van der Waals surface area contributed by atoms with Gasteiger partial charge >= 0.3 is 11.7 Å². The average molecular weight is 473 g/mol. The van der Waals surface area contributed by atoms with Gasteiger partial charge in [0.05, 0.1) is 25.2 Å². The molecule has 11 nitrogen and oxygen atoms in total. The van der Waals surface area contributed by atoms with E-state index in [0.717, 1.165) is 43.6 Å². The SMILES string of the molecule is COC(=O)CN(Cc1cccc(CN2CCCC2)c1)C1NC(OCC2CC2)=NC(N)=C1[N+](=O)[O-]. The molecule has 3 aliphatic rings. The van der Waals surface area contributed by atoms with Crippen LogP contribution in [0.25, 0.3) is 0 Å². The topological polar surface area (TPSA) is 136 Å². The van der Waals surface area contributed by atoms with Crippen molar-refractivity contribution < 1.29 is 19.2 Å². The minimum atomic E-state index is -1.01. The predicted molar refractivity (Wildman–Crippen MR) is 125 cm³/mol. The predicted octanol–water partition coefficient (Wildman–Crippen LogP) is 1.37.